The number of amides is 2. The van der Waals surface area contributed by atoms with Crippen LogP contribution in [0.15, 0.2) is 48.5 Å². The number of nitrogens with zero attached hydrogens (tertiary/aromatic N) is 2. The lowest BCUT2D eigenvalue weighted by atomic mass is 9.81. The molecule has 2 aromatic carbocycles. The van der Waals surface area contributed by atoms with Gasteiger partial charge in [0.25, 0.3) is 0 Å². The van der Waals surface area contributed by atoms with Gasteiger partial charge >= 0.3 is 6.03 Å². The largest absolute Gasteiger partial charge is 0.326 e. The fraction of sp³-hybridized carbons (Fsp3) is 0.333. The molecule has 4 rings (SSSR count). The van der Waals surface area contributed by atoms with Crippen LogP contribution < -0.4 is 11.1 Å². The molecular weight excluding hydrogens is 356 g/mol. The average Bonchev–Trinajstić information content (AvgIpc) is 3.14. The highest BCUT2D eigenvalue weighted by Crippen LogP contribution is 2.39. The number of aromatic nitrogens is 1. The molecule has 1 saturated heterocycles. The van der Waals surface area contributed by atoms with E-state index in [0.717, 1.165) is 42.7 Å². The number of rotatable bonds is 3. The average molecular weight is 381 g/mol. The first kappa shape index (κ1) is 17.9. The lowest BCUT2D eigenvalue weighted by molar-refractivity contribution is 0.174. The van der Waals surface area contributed by atoms with Gasteiger partial charge < -0.3 is 16.0 Å². The molecule has 0 saturated carbocycles. The van der Waals surface area contributed by atoms with Gasteiger partial charge in [0.2, 0.25) is 0 Å². The minimum absolute atomic E-state index is 0.0277. The molecule has 27 heavy (non-hydrogen) atoms. The Morgan fingerprint density at radius 1 is 1.22 bits per heavy atom. The van der Waals surface area contributed by atoms with Crippen molar-refractivity contribution >= 4 is 33.3 Å². The number of carbonyl (C=O) groups excluding carboxylic acids is 1. The number of nitrogens with two attached hydrogens (primary N) is 1. The van der Waals surface area contributed by atoms with Crippen LogP contribution in [0.4, 0.5) is 10.5 Å². The van der Waals surface area contributed by atoms with Gasteiger partial charge in [-0.25, -0.2) is 9.78 Å². The van der Waals surface area contributed by atoms with Crippen LogP contribution in [0.2, 0.25) is 0 Å². The first-order chi connectivity index (χ1) is 13.1. The molecule has 1 fully saturated rings. The summed E-state index contributed by atoms with van der Waals surface area (Å²) in [4.78, 5) is 19.4. The van der Waals surface area contributed by atoms with Crippen molar-refractivity contribution in [1.29, 1.82) is 0 Å². The van der Waals surface area contributed by atoms with Crippen molar-refractivity contribution in [2.45, 2.75) is 31.7 Å². The Balaban J connectivity index is 1.42. The van der Waals surface area contributed by atoms with Gasteiger partial charge in [-0.1, -0.05) is 31.2 Å². The Hall–Kier alpha value is -2.44. The number of piperidine rings is 1. The monoisotopic (exact) mass is 380 g/mol. The number of carbonyl (C=O) groups is 1. The Bertz CT molecular complexity index is 926. The zero-order chi connectivity index (χ0) is 18.9. The van der Waals surface area contributed by atoms with Crippen molar-refractivity contribution in [1.82, 2.24) is 9.88 Å². The summed E-state index contributed by atoms with van der Waals surface area (Å²) in [5.41, 5.74) is 8.58. The molecule has 0 bridgehead atoms. The number of nitrogens with one attached hydrogen (secondary N) is 1. The van der Waals surface area contributed by atoms with E-state index in [1.165, 1.54) is 9.71 Å². The molecule has 0 aliphatic carbocycles. The lowest BCUT2D eigenvalue weighted by Gasteiger charge is -2.38. The van der Waals surface area contributed by atoms with Crippen molar-refractivity contribution in [2.24, 2.45) is 5.73 Å². The third kappa shape index (κ3) is 3.68. The summed E-state index contributed by atoms with van der Waals surface area (Å²) in [6.45, 7) is 4.20. The fourth-order valence-corrected chi connectivity index (χ4v) is 4.69. The van der Waals surface area contributed by atoms with E-state index in [1.54, 1.807) is 11.3 Å². The number of thiazole rings is 1. The van der Waals surface area contributed by atoms with Gasteiger partial charge in [0.05, 0.1) is 15.2 Å². The molecule has 5 nitrogen and oxygen atoms in total. The number of benzene rings is 2. The zero-order valence-corrected chi connectivity index (χ0v) is 16.3. The van der Waals surface area contributed by atoms with Gasteiger partial charge in [0.1, 0.15) is 0 Å². The summed E-state index contributed by atoms with van der Waals surface area (Å²) in [5.74, 6) is 0. The molecule has 140 valence electrons. The van der Waals surface area contributed by atoms with Crippen LogP contribution in [0.5, 0.6) is 0 Å². The Kier molecular flexibility index (Phi) is 4.85. The molecule has 3 N–H and O–H groups in total. The second-order valence-corrected chi connectivity index (χ2v) is 8.40. The predicted octanol–water partition coefficient (Wildman–Crippen LogP) is 4.34. The first-order valence-corrected chi connectivity index (χ1v) is 10.1. The van der Waals surface area contributed by atoms with Crippen LogP contribution in [0.3, 0.4) is 0 Å². The Labute approximate surface area is 163 Å². The number of urea groups is 1. The van der Waals surface area contributed by atoms with Crippen molar-refractivity contribution in [3.05, 3.63) is 59.1 Å². The maximum Gasteiger partial charge on any atom is 0.321 e. The SMILES string of the molecule is CC1(c2nc3ccccc3s2)CCN(C(=O)Nc2cccc(CN)c2)CC1. The van der Waals surface area contributed by atoms with Gasteiger partial charge in [-0.2, -0.15) is 0 Å². The van der Waals surface area contributed by atoms with Gasteiger partial charge in [-0.05, 0) is 42.7 Å². The zero-order valence-electron chi connectivity index (χ0n) is 15.4. The molecule has 2 heterocycles. The summed E-state index contributed by atoms with van der Waals surface area (Å²) in [5, 5.41) is 4.17. The maximum atomic E-state index is 12.6. The number of anilines is 1. The number of hydrogen-bond acceptors (Lipinski definition) is 4. The Morgan fingerprint density at radius 2 is 2.00 bits per heavy atom. The molecular formula is C21H24N4OS. The lowest BCUT2D eigenvalue weighted by Crippen LogP contribution is -2.45. The number of hydrogen-bond donors (Lipinski definition) is 2. The number of para-hydroxylation sites is 1. The topological polar surface area (TPSA) is 71.2 Å². The standard InChI is InChI=1S/C21H24N4OS/c1-21(19-24-17-7-2-3-8-18(17)27-19)9-11-25(12-10-21)20(26)23-16-6-4-5-15(13-16)14-22/h2-8,13H,9-12,14,22H2,1H3,(H,23,26). The predicted molar refractivity (Wildman–Crippen MR) is 111 cm³/mol. The molecule has 2 amide bonds. The van der Waals surface area contributed by atoms with E-state index in [1.807, 2.05) is 35.2 Å². The highest BCUT2D eigenvalue weighted by molar-refractivity contribution is 7.18. The van der Waals surface area contributed by atoms with Crippen LogP contribution >= 0.6 is 11.3 Å². The van der Waals surface area contributed by atoms with Crippen LogP contribution in [-0.2, 0) is 12.0 Å². The van der Waals surface area contributed by atoms with E-state index >= 15 is 0 Å². The smallest absolute Gasteiger partial charge is 0.321 e. The third-order valence-corrected chi connectivity index (χ3v) is 6.72. The molecule has 6 heteroatoms. The fourth-order valence-electron chi connectivity index (χ4n) is 3.53. The normalized spacial score (nSPS) is 16.4. The van der Waals surface area contributed by atoms with Crippen LogP contribution in [0.1, 0.15) is 30.3 Å². The van der Waals surface area contributed by atoms with Crippen molar-refractivity contribution < 1.29 is 4.79 Å². The summed E-state index contributed by atoms with van der Waals surface area (Å²) in [6.07, 6.45) is 1.84. The molecule has 0 atom stereocenters. The minimum Gasteiger partial charge on any atom is -0.326 e. The van der Waals surface area contributed by atoms with E-state index < -0.39 is 0 Å². The molecule has 0 spiro atoms. The quantitative estimate of drug-likeness (QED) is 0.710. The molecule has 1 aromatic heterocycles. The third-order valence-electron chi connectivity index (χ3n) is 5.38. The van der Waals surface area contributed by atoms with E-state index in [2.05, 4.69) is 30.4 Å². The number of fused-ring (bicyclic) bond motifs is 1. The van der Waals surface area contributed by atoms with E-state index in [4.69, 9.17) is 10.7 Å². The summed E-state index contributed by atoms with van der Waals surface area (Å²) < 4.78 is 1.23. The van der Waals surface area contributed by atoms with Gasteiger partial charge in [0, 0.05) is 30.7 Å². The molecule has 1 aliphatic rings. The summed E-state index contributed by atoms with van der Waals surface area (Å²) in [6, 6.07) is 15.9. The van der Waals surface area contributed by atoms with Gasteiger partial charge in [-0.15, -0.1) is 11.3 Å². The number of likely N-dealkylation sites (tertiary alicyclic amines) is 1. The minimum atomic E-state index is -0.0458. The molecule has 0 radical (unpaired) electrons. The summed E-state index contributed by atoms with van der Waals surface area (Å²) in [7, 11) is 0. The molecule has 1 aliphatic heterocycles. The van der Waals surface area contributed by atoms with Crippen LogP contribution in [-0.4, -0.2) is 29.0 Å². The molecule has 0 unspecified atom stereocenters. The summed E-state index contributed by atoms with van der Waals surface area (Å²) >= 11 is 1.78. The van der Waals surface area contributed by atoms with Gasteiger partial charge in [-0.3, -0.25) is 0 Å². The van der Waals surface area contributed by atoms with E-state index in [9.17, 15) is 4.79 Å². The van der Waals surface area contributed by atoms with E-state index in [0.29, 0.717) is 6.54 Å². The highest BCUT2D eigenvalue weighted by Gasteiger charge is 2.35. The van der Waals surface area contributed by atoms with Gasteiger partial charge in [0.15, 0.2) is 0 Å². The van der Waals surface area contributed by atoms with Crippen LogP contribution in [0.25, 0.3) is 10.2 Å². The second kappa shape index (κ2) is 7.29. The maximum absolute atomic E-state index is 12.6. The highest BCUT2D eigenvalue weighted by atomic mass is 32.1. The van der Waals surface area contributed by atoms with Crippen LogP contribution in [0, 0.1) is 0 Å². The second-order valence-electron chi connectivity index (χ2n) is 7.37. The first-order valence-electron chi connectivity index (χ1n) is 9.28. The van der Waals surface area contributed by atoms with Crippen molar-refractivity contribution in [2.75, 3.05) is 18.4 Å². The molecule has 3 aromatic rings. The Morgan fingerprint density at radius 3 is 2.74 bits per heavy atom. The van der Waals surface area contributed by atoms with Crippen molar-refractivity contribution in [3.63, 3.8) is 0 Å². The van der Waals surface area contributed by atoms with E-state index in [-0.39, 0.29) is 11.4 Å². The van der Waals surface area contributed by atoms with Crippen molar-refractivity contribution in [3.8, 4) is 0 Å².